The van der Waals surface area contributed by atoms with Gasteiger partial charge in [-0.2, -0.15) is 16.1 Å². The van der Waals surface area contributed by atoms with Crippen LogP contribution in [0.5, 0.6) is 0 Å². The van der Waals surface area contributed by atoms with Crippen molar-refractivity contribution in [1.82, 2.24) is 4.31 Å². The van der Waals surface area contributed by atoms with Gasteiger partial charge in [0, 0.05) is 11.0 Å². The molecule has 0 aromatic heterocycles. The largest absolute Gasteiger partial charge is 0.396 e. The highest BCUT2D eigenvalue weighted by atomic mass is 32.2. The first kappa shape index (κ1) is 18.0. The van der Waals surface area contributed by atoms with Crippen molar-refractivity contribution in [1.29, 1.82) is 0 Å². The third-order valence-electron chi connectivity index (χ3n) is 5.90. The molecule has 1 aromatic carbocycles. The summed E-state index contributed by atoms with van der Waals surface area (Å²) in [4.78, 5) is 25.8. The summed E-state index contributed by atoms with van der Waals surface area (Å²) >= 11 is 1.62. The van der Waals surface area contributed by atoms with E-state index in [0.717, 1.165) is 18.4 Å². The SMILES string of the molecule is Cc1ccc(S(=O)(=O)N2C(=O)C3C4CC(SCCO)C(C4)C3C2=O)cc1. The van der Waals surface area contributed by atoms with Crippen molar-refractivity contribution in [2.45, 2.75) is 29.9 Å². The number of thioether (sulfide) groups is 1. The predicted molar refractivity (Wildman–Crippen MR) is 96.7 cm³/mol. The first-order chi connectivity index (χ1) is 12.4. The Balaban J connectivity index is 1.64. The first-order valence-corrected chi connectivity index (χ1v) is 11.3. The van der Waals surface area contributed by atoms with E-state index in [1.807, 2.05) is 6.92 Å². The monoisotopic (exact) mass is 395 g/mol. The van der Waals surface area contributed by atoms with Gasteiger partial charge in [-0.05, 0) is 43.7 Å². The summed E-state index contributed by atoms with van der Waals surface area (Å²) in [5.41, 5.74) is 0.904. The van der Waals surface area contributed by atoms with Crippen LogP contribution >= 0.6 is 11.8 Å². The van der Waals surface area contributed by atoms with Gasteiger partial charge >= 0.3 is 0 Å². The maximum atomic E-state index is 13.0. The van der Waals surface area contributed by atoms with Crippen LogP contribution in [0.1, 0.15) is 18.4 Å². The topological polar surface area (TPSA) is 91.8 Å². The summed E-state index contributed by atoms with van der Waals surface area (Å²) in [5.74, 6) is -1.47. The molecule has 8 heteroatoms. The van der Waals surface area contributed by atoms with Crippen molar-refractivity contribution in [2.75, 3.05) is 12.4 Å². The molecular formula is C18H21NO5S2. The van der Waals surface area contributed by atoms with E-state index in [0.29, 0.717) is 10.1 Å². The van der Waals surface area contributed by atoms with E-state index in [2.05, 4.69) is 0 Å². The lowest BCUT2D eigenvalue weighted by Crippen LogP contribution is -2.38. The number of nitrogens with zero attached hydrogens (tertiary/aromatic N) is 1. The quantitative estimate of drug-likeness (QED) is 0.758. The highest BCUT2D eigenvalue weighted by Gasteiger charge is 2.66. The van der Waals surface area contributed by atoms with Gasteiger partial charge in [-0.3, -0.25) is 9.59 Å². The van der Waals surface area contributed by atoms with Crippen LogP contribution in [0, 0.1) is 30.6 Å². The van der Waals surface area contributed by atoms with Crippen molar-refractivity contribution >= 4 is 33.6 Å². The molecule has 1 aliphatic heterocycles. The molecule has 0 radical (unpaired) electrons. The van der Waals surface area contributed by atoms with Crippen molar-refractivity contribution < 1.29 is 23.1 Å². The summed E-state index contributed by atoms with van der Waals surface area (Å²) in [6, 6.07) is 6.19. The molecule has 6 nitrogen and oxygen atoms in total. The molecule has 3 aliphatic rings. The molecule has 1 saturated heterocycles. The van der Waals surface area contributed by atoms with Crippen LogP contribution in [0.2, 0.25) is 0 Å². The van der Waals surface area contributed by atoms with E-state index >= 15 is 0 Å². The average Bonchev–Trinajstić information content (AvgIpc) is 3.24. The van der Waals surface area contributed by atoms with Gasteiger partial charge in [0.25, 0.3) is 10.0 Å². The molecule has 5 atom stereocenters. The van der Waals surface area contributed by atoms with Gasteiger partial charge in [0.2, 0.25) is 11.8 Å². The number of benzene rings is 1. The number of rotatable bonds is 5. The van der Waals surface area contributed by atoms with E-state index in [1.165, 1.54) is 12.1 Å². The molecule has 2 saturated carbocycles. The first-order valence-electron chi connectivity index (χ1n) is 8.78. The van der Waals surface area contributed by atoms with E-state index < -0.39 is 33.7 Å². The number of aliphatic hydroxyl groups excluding tert-OH is 1. The summed E-state index contributed by atoms with van der Waals surface area (Å²) in [7, 11) is -4.16. The van der Waals surface area contributed by atoms with Gasteiger partial charge < -0.3 is 5.11 Å². The predicted octanol–water partition coefficient (Wildman–Crippen LogP) is 1.42. The molecular weight excluding hydrogens is 374 g/mol. The summed E-state index contributed by atoms with van der Waals surface area (Å²) in [6.45, 7) is 1.92. The van der Waals surface area contributed by atoms with Gasteiger partial charge in [0.15, 0.2) is 0 Å². The number of aliphatic hydroxyl groups is 1. The number of aryl methyl sites for hydroxylation is 1. The number of carbonyl (C=O) groups is 2. The fourth-order valence-corrected chi connectivity index (χ4v) is 7.55. The zero-order valence-corrected chi connectivity index (χ0v) is 16.0. The fraction of sp³-hybridized carbons (Fsp3) is 0.556. The average molecular weight is 396 g/mol. The minimum atomic E-state index is -4.16. The second-order valence-corrected chi connectivity index (χ2v) is 10.5. The van der Waals surface area contributed by atoms with Crippen LogP contribution in [0.25, 0.3) is 0 Å². The van der Waals surface area contributed by atoms with Crippen LogP contribution < -0.4 is 0 Å². The van der Waals surface area contributed by atoms with Gasteiger partial charge in [0.1, 0.15) is 0 Å². The summed E-state index contributed by atoms with van der Waals surface area (Å²) < 4.78 is 26.4. The smallest absolute Gasteiger partial charge is 0.273 e. The Hall–Kier alpha value is -1.38. The number of carbonyl (C=O) groups excluding carboxylic acids is 2. The molecule has 0 spiro atoms. The minimum absolute atomic E-state index is 0.0243. The van der Waals surface area contributed by atoms with Gasteiger partial charge in [0.05, 0.1) is 23.3 Å². The standard InChI is InChI=1S/C18H21NO5S2/c1-10-2-4-12(5-3-10)26(23,24)19-17(21)15-11-8-13(16(15)18(19)22)14(9-11)25-7-6-20/h2-5,11,13-16,20H,6-9H2,1H3. The van der Waals surface area contributed by atoms with Crippen LogP contribution in [-0.4, -0.2) is 47.3 Å². The maximum absolute atomic E-state index is 13.0. The second kappa shape index (κ2) is 6.35. The van der Waals surface area contributed by atoms with Gasteiger partial charge in [-0.25, -0.2) is 8.42 Å². The van der Waals surface area contributed by atoms with Crippen LogP contribution in [-0.2, 0) is 19.6 Å². The Morgan fingerprint density at radius 3 is 2.42 bits per heavy atom. The lowest BCUT2D eigenvalue weighted by atomic mass is 9.81. The molecule has 1 N–H and O–H groups in total. The maximum Gasteiger partial charge on any atom is 0.273 e. The van der Waals surface area contributed by atoms with E-state index in [1.54, 1.807) is 23.9 Å². The molecule has 4 rings (SSSR count). The number of imide groups is 1. The second-order valence-electron chi connectivity index (χ2n) is 7.34. The number of sulfonamides is 1. The van der Waals surface area contributed by atoms with Gasteiger partial charge in [-0.1, -0.05) is 17.7 Å². The minimum Gasteiger partial charge on any atom is -0.396 e. The van der Waals surface area contributed by atoms with Crippen molar-refractivity contribution in [3.05, 3.63) is 29.8 Å². The Bertz CT molecular complexity index is 851. The van der Waals surface area contributed by atoms with Crippen molar-refractivity contribution in [2.24, 2.45) is 23.7 Å². The van der Waals surface area contributed by atoms with Crippen LogP contribution in [0.4, 0.5) is 0 Å². The molecule has 5 unspecified atom stereocenters. The molecule has 2 amide bonds. The Morgan fingerprint density at radius 2 is 1.77 bits per heavy atom. The molecule has 140 valence electrons. The summed E-state index contributed by atoms with van der Waals surface area (Å²) in [5, 5.41) is 9.26. The number of fused-ring (bicyclic) bond motifs is 5. The third-order valence-corrected chi connectivity index (χ3v) is 8.99. The highest BCUT2D eigenvalue weighted by Crippen LogP contribution is 2.59. The Kier molecular flexibility index (Phi) is 4.40. The van der Waals surface area contributed by atoms with Crippen LogP contribution in [0.3, 0.4) is 0 Å². The molecule has 2 bridgehead atoms. The molecule has 1 aromatic rings. The van der Waals surface area contributed by atoms with E-state index in [-0.39, 0.29) is 28.6 Å². The Labute approximate surface area is 157 Å². The zero-order chi connectivity index (χ0) is 18.6. The summed E-state index contributed by atoms with van der Waals surface area (Å²) in [6.07, 6.45) is 1.61. The van der Waals surface area contributed by atoms with E-state index in [9.17, 15) is 18.0 Å². The van der Waals surface area contributed by atoms with E-state index in [4.69, 9.17) is 5.11 Å². The third kappa shape index (κ3) is 2.53. The molecule has 1 heterocycles. The normalized spacial score (nSPS) is 33.2. The number of amides is 2. The fourth-order valence-electron chi connectivity index (χ4n) is 4.82. The van der Waals surface area contributed by atoms with Crippen molar-refractivity contribution in [3.63, 3.8) is 0 Å². The van der Waals surface area contributed by atoms with Crippen molar-refractivity contribution in [3.8, 4) is 0 Å². The zero-order valence-electron chi connectivity index (χ0n) is 14.4. The highest BCUT2D eigenvalue weighted by molar-refractivity contribution is 7.99. The number of hydrogen-bond donors (Lipinski definition) is 1. The van der Waals surface area contributed by atoms with Gasteiger partial charge in [-0.15, -0.1) is 0 Å². The van der Waals surface area contributed by atoms with Crippen LogP contribution in [0.15, 0.2) is 29.2 Å². The lowest BCUT2D eigenvalue weighted by molar-refractivity contribution is -0.134. The number of hydrogen-bond acceptors (Lipinski definition) is 6. The molecule has 26 heavy (non-hydrogen) atoms. The lowest BCUT2D eigenvalue weighted by Gasteiger charge is -2.27. The Morgan fingerprint density at radius 1 is 1.12 bits per heavy atom. The molecule has 3 fully saturated rings. The molecule has 2 aliphatic carbocycles.